The fourth-order valence-corrected chi connectivity index (χ4v) is 5.40. The lowest BCUT2D eigenvalue weighted by Crippen LogP contribution is -2.58. The summed E-state index contributed by atoms with van der Waals surface area (Å²) in [6, 6.07) is 21.2. The molecule has 150 valence electrons. The summed E-state index contributed by atoms with van der Waals surface area (Å²) in [7, 11) is 0. The van der Waals surface area contributed by atoms with Crippen molar-refractivity contribution >= 4 is 11.3 Å². The van der Waals surface area contributed by atoms with Gasteiger partial charge in [0, 0.05) is 43.8 Å². The van der Waals surface area contributed by atoms with Crippen molar-refractivity contribution in [2.75, 3.05) is 26.2 Å². The Morgan fingerprint density at radius 3 is 2.72 bits per heavy atom. The number of ether oxygens (including phenoxy) is 1. The Morgan fingerprint density at radius 2 is 1.93 bits per heavy atom. The molecule has 5 rings (SSSR count). The molecule has 2 saturated heterocycles. The Kier molecular flexibility index (Phi) is 5.46. The minimum Gasteiger partial charge on any atom is -0.370 e. The molecular weight excluding hydrogens is 378 g/mol. The van der Waals surface area contributed by atoms with Gasteiger partial charge < -0.3 is 4.74 Å². The monoisotopic (exact) mass is 405 g/mol. The molecule has 5 heteroatoms. The third-order valence-corrected chi connectivity index (χ3v) is 7.09. The van der Waals surface area contributed by atoms with E-state index in [-0.39, 0.29) is 11.6 Å². The molecule has 2 fully saturated rings. The Bertz CT molecular complexity index is 902. The number of likely N-dealkylation sites (tertiary alicyclic amines) is 1. The van der Waals surface area contributed by atoms with Crippen molar-refractivity contribution in [2.24, 2.45) is 0 Å². The summed E-state index contributed by atoms with van der Waals surface area (Å²) < 4.78 is 6.47. The molecule has 0 bridgehead atoms. The van der Waals surface area contributed by atoms with Crippen LogP contribution in [0.3, 0.4) is 0 Å². The van der Waals surface area contributed by atoms with Crippen molar-refractivity contribution in [2.45, 2.75) is 31.2 Å². The fraction of sp³-hybridized carbons (Fsp3) is 0.375. The minimum atomic E-state index is 0.0695. The van der Waals surface area contributed by atoms with Crippen molar-refractivity contribution in [1.82, 2.24) is 14.8 Å². The zero-order valence-electron chi connectivity index (χ0n) is 16.6. The van der Waals surface area contributed by atoms with Crippen LogP contribution < -0.4 is 0 Å². The van der Waals surface area contributed by atoms with Gasteiger partial charge >= 0.3 is 0 Å². The van der Waals surface area contributed by atoms with Gasteiger partial charge in [-0.3, -0.25) is 14.8 Å². The Balaban J connectivity index is 1.36. The first kappa shape index (κ1) is 18.9. The van der Waals surface area contributed by atoms with Gasteiger partial charge in [-0.25, -0.2) is 0 Å². The highest BCUT2D eigenvalue weighted by atomic mass is 32.1. The fourth-order valence-electron chi connectivity index (χ4n) is 4.66. The predicted molar refractivity (Wildman–Crippen MR) is 117 cm³/mol. The standard InChI is InChI=1S/C24H27N3OS/c1-2-7-20(8-3-1)23-17-27(15-21-9-4-5-12-25-21)24(19-28-23)11-13-26(18-24)16-22-10-6-14-29-22/h1-10,12,14,23H,11,13,15-19H2/t23-,24+/m0/s1. The van der Waals surface area contributed by atoms with E-state index in [0.29, 0.717) is 0 Å². The number of pyridine rings is 1. The number of aromatic nitrogens is 1. The van der Waals surface area contributed by atoms with Crippen molar-refractivity contribution in [3.63, 3.8) is 0 Å². The van der Waals surface area contributed by atoms with E-state index in [1.165, 1.54) is 10.4 Å². The molecule has 3 aromatic rings. The van der Waals surface area contributed by atoms with Crippen LogP contribution in [0.4, 0.5) is 0 Å². The highest BCUT2D eigenvalue weighted by molar-refractivity contribution is 7.09. The van der Waals surface area contributed by atoms with Crippen molar-refractivity contribution < 1.29 is 4.74 Å². The molecule has 29 heavy (non-hydrogen) atoms. The molecule has 0 N–H and O–H groups in total. The van der Waals surface area contributed by atoms with Gasteiger partial charge in [-0.15, -0.1) is 11.3 Å². The molecule has 1 spiro atoms. The maximum absolute atomic E-state index is 6.47. The molecule has 0 amide bonds. The van der Waals surface area contributed by atoms with E-state index in [4.69, 9.17) is 4.74 Å². The van der Waals surface area contributed by atoms with Crippen LogP contribution in [0.1, 0.15) is 28.7 Å². The van der Waals surface area contributed by atoms with Crippen LogP contribution in [0.5, 0.6) is 0 Å². The third kappa shape index (κ3) is 4.14. The number of thiophene rings is 1. The van der Waals surface area contributed by atoms with Crippen molar-refractivity contribution in [3.05, 3.63) is 88.4 Å². The van der Waals surface area contributed by atoms with E-state index in [2.05, 4.69) is 74.8 Å². The van der Waals surface area contributed by atoms with E-state index in [1.54, 1.807) is 0 Å². The van der Waals surface area contributed by atoms with Crippen LogP contribution in [-0.2, 0) is 17.8 Å². The van der Waals surface area contributed by atoms with Crippen LogP contribution in [0, 0.1) is 0 Å². The van der Waals surface area contributed by atoms with Gasteiger partial charge in [-0.05, 0) is 35.6 Å². The average molecular weight is 406 g/mol. The normalized spacial score (nSPS) is 25.6. The number of benzene rings is 1. The zero-order valence-corrected chi connectivity index (χ0v) is 17.4. The molecule has 0 radical (unpaired) electrons. The predicted octanol–water partition coefficient (Wildman–Crippen LogP) is 4.36. The van der Waals surface area contributed by atoms with Gasteiger partial charge in [-0.1, -0.05) is 42.5 Å². The lowest BCUT2D eigenvalue weighted by molar-refractivity contribution is -0.114. The Morgan fingerprint density at radius 1 is 1.03 bits per heavy atom. The third-order valence-electron chi connectivity index (χ3n) is 6.23. The average Bonchev–Trinajstić information content (AvgIpc) is 3.42. The van der Waals surface area contributed by atoms with Crippen LogP contribution in [-0.4, -0.2) is 46.6 Å². The van der Waals surface area contributed by atoms with Gasteiger partial charge in [0.05, 0.1) is 23.9 Å². The van der Waals surface area contributed by atoms with E-state index in [1.807, 2.05) is 23.6 Å². The summed E-state index contributed by atoms with van der Waals surface area (Å²) in [6.45, 7) is 5.78. The van der Waals surface area contributed by atoms with Crippen LogP contribution >= 0.6 is 11.3 Å². The Labute approximate surface area is 176 Å². The second-order valence-electron chi connectivity index (χ2n) is 8.18. The lowest BCUT2D eigenvalue weighted by atomic mass is 9.92. The van der Waals surface area contributed by atoms with E-state index in [9.17, 15) is 0 Å². The van der Waals surface area contributed by atoms with Crippen LogP contribution in [0.2, 0.25) is 0 Å². The largest absolute Gasteiger partial charge is 0.370 e. The first-order valence-electron chi connectivity index (χ1n) is 10.4. The second-order valence-corrected chi connectivity index (χ2v) is 9.21. The lowest BCUT2D eigenvalue weighted by Gasteiger charge is -2.47. The van der Waals surface area contributed by atoms with E-state index < -0.39 is 0 Å². The number of morpholine rings is 1. The molecule has 2 atom stereocenters. The summed E-state index contributed by atoms with van der Waals surface area (Å²) in [5.74, 6) is 0. The van der Waals surface area contributed by atoms with E-state index >= 15 is 0 Å². The van der Waals surface area contributed by atoms with Gasteiger partial charge in [-0.2, -0.15) is 0 Å². The molecule has 2 aliphatic heterocycles. The molecule has 0 aliphatic carbocycles. The highest BCUT2D eigenvalue weighted by Gasteiger charge is 2.47. The number of rotatable bonds is 5. The summed E-state index contributed by atoms with van der Waals surface area (Å²) in [5, 5.41) is 2.17. The van der Waals surface area contributed by atoms with E-state index in [0.717, 1.165) is 51.4 Å². The first-order chi connectivity index (χ1) is 14.3. The maximum atomic E-state index is 6.47. The first-order valence-corrected chi connectivity index (χ1v) is 11.2. The molecule has 2 aromatic heterocycles. The molecular formula is C24H27N3OS. The molecule has 1 aromatic carbocycles. The maximum Gasteiger partial charge on any atom is 0.0953 e. The molecule has 0 unspecified atom stereocenters. The number of hydrogen-bond acceptors (Lipinski definition) is 5. The molecule has 2 aliphatic rings. The van der Waals surface area contributed by atoms with Gasteiger partial charge in [0.2, 0.25) is 0 Å². The van der Waals surface area contributed by atoms with Gasteiger partial charge in [0.25, 0.3) is 0 Å². The quantitative estimate of drug-likeness (QED) is 0.631. The molecule has 0 saturated carbocycles. The summed E-state index contributed by atoms with van der Waals surface area (Å²) >= 11 is 1.85. The smallest absolute Gasteiger partial charge is 0.0953 e. The van der Waals surface area contributed by atoms with Crippen LogP contribution in [0.25, 0.3) is 0 Å². The second kappa shape index (κ2) is 8.36. The van der Waals surface area contributed by atoms with Gasteiger partial charge in [0.15, 0.2) is 0 Å². The SMILES string of the molecule is c1ccc([C@@H]2CN(Cc3ccccn3)[C@@]3(CCN(Cc4cccs4)C3)CO2)cc1. The molecule has 4 heterocycles. The summed E-state index contributed by atoms with van der Waals surface area (Å²) in [5.41, 5.74) is 2.47. The summed E-state index contributed by atoms with van der Waals surface area (Å²) in [4.78, 5) is 11.3. The van der Waals surface area contributed by atoms with Crippen molar-refractivity contribution in [3.8, 4) is 0 Å². The highest BCUT2D eigenvalue weighted by Crippen LogP contribution is 2.38. The minimum absolute atomic E-state index is 0.0695. The zero-order chi connectivity index (χ0) is 19.5. The number of nitrogens with zero attached hydrogens (tertiary/aromatic N) is 3. The van der Waals surface area contributed by atoms with Crippen molar-refractivity contribution in [1.29, 1.82) is 0 Å². The number of hydrogen-bond donors (Lipinski definition) is 0. The molecule has 4 nitrogen and oxygen atoms in total. The Hall–Kier alpha value is -2.05. The van der Waals surface area contributed by atoms with Gasteiger partial charge in [0.1, 0.15) is 0 Å². The summed E-state index contributed by atoms with van der Waals surface area (Å²) in [6.07, 6.45) is 3.17. The topological polar surface area (TPSA) is 28.6 Å². The van der Waals surface area contributed by atoms with Crippen LogP contribution in [0.15, 0.2) is 72.2 Å².